The first-order valence-electron chi connectivity index (χ1n) is 6.37. The van der Waals surface area contributed by atoms with Crippen LogP contribution < -0.4 is 5.32 Å². The third kappa shape index (κ3) is 4.75. The molecule has 5 nitrogen and oxygen atoms in total. The van der Waals surface area contributed by atoms with Crippen LogP contribution in [-0.2, 0) is 6.54 Å². The normalized spacial score (nSPS) is 13.0. The molecule has 1 aromatic heterocycles. The summed E-state index contributed by atoms with van der Waals surface area (Å²) in [5.41, 5.74) is 0. The molecule has 0 spiro atoms. The van der Waals surface area contributed by atoms with Crippen molar-refractivity contribution in [1.29, 1.82) is 0 Å². The van der Waals surface area contributed by atoms with Crippen LogP contribution in [0.5, 0.6) is 0 Å². The summed E-state index contributed by atoms with van der Waals surface area (Å²) >= 11 is 0. The second kappa shape index (κ2) is 7.29. The molecular formula is C12H24N4O. The third-order valence-electron chi connectivity index (χ3n) is 2.85. The number of nitrogens with one attached hydrogen (secondary N) is 1. The van der Waals surface area contributed by atoms with E-state index in [1.807, 2.05) is 23.9 Å². The molecule has 0 bridgehead atoms. The van der Waals surface area contributed by atoms with Crippen LogP contribution in [0.4, 0.5) is 5.82 Å². The van der Waals surface area contributed by atoms with Crippen LogP contribution in [-0.4, -0.2) is 52.1 Å². The first kappa shape index (κ1) is 14.0. The summed E-state index contributed by atoms with van der Waals surface area (Å²) in [6.45, 7) is 10.3. The second-order valence-electron chi connectivity index (χ2n) is 4.08. The van der Waals surface area contributed by atoms with E-state index in [9.17, 15) is 5.11 Å². The Balaban J connectivity index is 2.29. The van der Waals surface area contributed by atoms with Gasteiger partial charge in [-0.25, -0.2) is 0 Å². The molecule has 0 fully saturated rings. The van der Waals surface area contributed by atoms with E-state index in [-0.39, 0.29) is 6.10 Å². The summed E-state index contributed by atoms with van der Waals surface area (Å²) in [6, 6.07) is 1.92. The van der Waals surface area contributed by atoms with E-state index in [2.05, 4.69) is 29.2 Å². The monoisotopic (exact) mass is 240 g/mol. The van der Waals surface area contributed by atoms with Crippen molar-refractivity contribution in [3.63, 3.8) is 0 Å². The average Bonchev–Trinajstić information content (AvgIpc) is 2.81. The van der Waals surface area contributed by atoms with Crippen LogP contribution in [0, 0.1) is 0 Å². The number of hydrogen-bond donors (Lipinski definition) is 2. The zero-order valence-electron chi connectivity index (χ0n) is 11.1. The van der Waals surface area contributed by atoms with Crippen LogP contribution in [0.3, 0.4) is 0 Å². The van der Waals surface area contributed by atoms with E-state index >= 15 is 0 Å². The van der Waals surface area contributed by atoms with Crippen molar-refractivity contribution in [2.45, 2.75) is 33.4 Å². The summed E-state index contributed by atoms with van der Waals surface area (Å²) in [5.74, 6) is 0.824. The van der Waals surface area contributed by atoms with Gasteiger partial charge in [0.1, 0.15) is 5.82 Å². The van der Waals surface area contributed by atoms with Gasteiger partial charge in [0.25, 0.3) is 0 Å². The lowest BCUT2D eigenvalue weighted by atomic mass is 10.3. The van der Waals surface area contributed by atoms with Crippen LogP contribution in [0.15, 0.2) is 12.3 Å². The minimum absolute atomic E-state index is 0.360. The zero-order chi connectivity index (χ0) is 12.7. The fraction of sp³-hybridized carbons (Fsp3) is 0.750. The van der Waals surface area contributed by atoms with Crippen LogP contribution in [0.1, 0.15) is 20.8 Å². The number of anilines is 1. The number of aliphatic hydroxyl groups is 1. The topological polar surface area (TPSA) is 53.3 Å². The molecule has 2 N–H and O–H groups in total. The quantitative estimate of drug-likeness (QED) is 0.712. The van der Waals surface area contributed by atoms with Crippen molar-refractivity contribution in [2.24, 2.45) is 0 Å². The van der Waals surface area contributed by atoms with E-state index in [1.165, 1.54) is 0 Å². The molecular weight excluding hydrogens is 216 g/mol. The molecule has 0 aromatic carbocycles. The fourth-order valence-corrected chi connectivity index (χ4v) is 1.70. The Morgan fingerprint density at radius 3 is 2.65 bits per heavy atom. The lowest BCUT2D eigenvalue weighted by Crippen LogP contribution is -2.36. The highest BCUT2D eigenvalue weighted by atomic mass is 16.3. The summed E-state index contributed by atoms with van der Waals surface area (Å²) in [5, 5.41) is 17.3. The van der Waals surface area contributed by atoms with Gasteiger partial charge in [-0.1, -0.05) is 13.8 Å². The predicted molar refractivity (Wildman–Crippen MR) is 70.2 cm³/mol. The number of likely N-dealkylation sites (N-methyl/N-ethyl adjacent to an activating group) is 1. The Bertz CT molecular complexity index is 309. The lowest BCUT2D eigenvalue weighted by molar-refractivity contribution is 0.128. The largest absolute Gasteiger partial charge is 0.390 e. The number of hydrogen-bond acceptors (Lipinski definition) is 4. The van der Waals surface area contributed by atoms with Crippen molar-refractivity contribution in [2.75, 3.05) is 31.5 Å². The number of aliphatic hydroxyl groups excluding tert-OH is 1. The molecule has 0 aliphatic heterocycles. The summed E-state index contributed by atoms with van der Waals surface area (Å²) in [6.07, 6.45) is 1.57. The van der Waals surface area contributed by atoms with Gasteiger partial charge in [0.05, 0.1) is 6.10 Å². The van der Waals surface area contributed by atoms with Gasteiger partial charge >= 0.3 is 0 Å². The summed E-state index contributed by atoms with van der Waals surface area (Å²) in [7, 11) is 0. The standard InChI is InChI=1S/C12H24N4O/c1-4-15(5-2)10-11(17)9-13-12-7-8-16(6-3)14-12/h7-8,11,17H,4-6,9-10H2,1-3H3,(H,13,14). The molecule has 5 heteroatoms. The highest BCUT2D eigenvalue weighted by Crippen LogP contribution is 2.02. The van der Waals surface area contributed by atoms with Gasteiger partial charge in [-0.05, 0) is 20.0 Å². The van der Waals surface area contributed by atoms with E-state index < -0.39 is 0 Å². The third-order valence-corrected chi connectivity index (χ3v) is 2.85. The average molecular weight is 240 g/mol. The molecule has 0 saturated carbocycles. The Kier molecular flexibility index (Phi) is 6.00. The van der Waals surface area contributed by atoms with Gasteiger partial charge in [-0.2, -0.15) is 5.10 Å². The smallest absolute Gasteiger partial charge is 0.148 e. The number of aryl methyl sites for hydroxylation is 1. The highest BCUT2D eigenvalue weighted by Gasteiger charge is 2.09. The maximum absolute atomic E-state index is 9.87. The van der Waals surface area contributed by atoms with E-state index in [0.29, 0.717) is 13.1 Å². The number of rotatable bonds is 8. The molecule has 0 amide bonds. The maximum atomic E-state index is 9.87. The molecule has 1 unspecified atom stereocenters. The Labute approximate surface area is 103 Å². The molecule has 0 aliphatic rings. The zero-order valence-corrected chi connectivity index (χ0v) is 11.1. The molecule has 1 heterocycles. The van der Waals surface area contributed by atoms with Gasteiger partial charge in [0.15, 0.2) is 0 Å². The van der Waals surface area contributed by atoms with Gasteiger partial charge < -0.3 is 15.3 Å². The van der Waals surface area contributed by atoms with Crippen molar-refractivity contribution in [1.82, 2.24) is 14.7 Å². The maximum Gasteiger partial charge on any atom is 0.148 e. The van der Waals surface area contributed by atoms with Crippen molar-refractivity contribution < 1.29 is 5.11 Å². The minimum Gasteiger partial charge on any atom is -0.390 e. The highest BCUT2D eigenvalue weighted by molar-refractivity contribution is 5.32. The van der Waals surface area contributed by atoms with Crippen LogP contribution in [0.25, 0.3) is 0 Å². The molecule has 0 aliphatic carbocycles. The molecule has 1 rings (SSSR count). The van der Waals surface area contributed by atoms with Crippen LogP contribution >= 0.6 is 0 Å². The molecule has 1 atom stereocenters. The van der Waals surface area contributed by atoms with Gasteiger partial charge in [-0.3, -0.25) is 4.68 Å². The summed E-state index contributed by atoms with van der Waals surface area (Å²) in [4.78, 5) is 2.21. The Morgan fingerprint density at radius 1 is 1.41 bits per heavy atom. The number of aromatic nitrogens is 2. The molecule has 1 aromatic rings. The minimum atomic E-state index is -0.360. The van der Waals surface area contributed by atoms with E-state index in [1.54, 1.807) is 0 Å². The van der Waals surface area contributed by atoms with Gasteiger partial charge in [0, 0.05) is 31.9 Å². The molecule has 0 saturated heterocycles. The van der Waals surface area contributed by atoms with Crippen molar-refractivity contribution in [3.05, 3.63) is 12.3 Å². The molecule has 17 heavy (non-hydrogen) atoms. The van der Waals surface area contributed by atoms with E-state index in [0.717, 1.165) is 25.5 Å². The van der Waals surface area contributed by atoms with Gasteiger partial charge in [0.2, 0.25) is 0 Å². The predicted octanol–water partition coefficient (Wildman–Crippen LogP) is 1.02. The summed E-state index contributed by atoms with van der Waals surface area (Å²) < 4.78 is 1.86. The van der Waals surface area contributed by atoms with Crippen molar-refractivity contribution in [3.8, 4) is 0 Å². The fourth-order valence-electron chi connectivity index (χ4n) is 1.70. The Morgan fingerprint density at radius 2 is 2.12 bits per heavy atom. The van der Waals surface area contributed by atoms with Crippen LogP contribution in [0.2, 0.25) is 0 Å². The first-order valence-corrected chi connectivity index (χ1v) is 6.37. The first-order chi connectivity index (χ1) is 8.19. The van der Waals surface area contributed by atoms with Gasteiger partial charge in [-0.15, -0.1) is 0 Å². The molecule has 0 radical (unpaired) electrons. The Hall–Kier alpha value is -1.07. The molecule has 98 valence electrons. The second-order valence-corrected chi connectivity index (χ2v) is 4.08. The number of nitrogens with zero attached hydrogens (tertiary/aromatic N) is 3. The SMILES string of the molecule is CCN(CC)CC(O)CNc1ccn(CC)n1. The van der Waals surface area contributed by atoms with Crippen molar-refractivity contribution >= 4 is 5.82 Å². The van der Waals surface area contributed by atoms with E-state index in [4.69, 9.17) is 0 Å². The lowest BCUT2D eigenvalue weighted by Gasteiger charge is -2.21.